The van der Waals surface area contributed by atoms with E-state index in [1.165, 1.54) is 12.8 Å². The van der Waals surface area contributed by atoms with Crippen molar-refractivity contribution in [2.45, 2.75) is 88.8 Å². The predicted octanol–water partition coefficient (Wildman–Crippen LogP) is 1.69. The second kappa shape index (κ2) is 8.11. The molecule has 7 atom stereocenters. The third-order valence-corrected chi connectivity index (χ3v) is 7.26. The van der Waals surface area contributed by atoms with E-state index in [9.17, 15) is 9.18 Å². The van der Waals surface area contributed by atoms with Crippen LogP contribution in [0.3, 0.4) is 0 Å². The van der Waals surface area contributed by atoms with E-state index >= 15 is 0 Å². The Labute approximate surface area is 156 Å². The van der Waals surface area contributed by atoms with E-state index in [0.717, 1.165) is 38.8 Å². The molecule has 0 bridgehead atoms. The van der Waals surface area contributed by atoms with E-state index < -0.39 is 6.17 Å². The Bertz CT molecular complexity index is 480. The molecule has 5 nitrogen and oxygen atoms in total. The molecule has 4 fully saturated rings. The maximum Gasteiger partial charge on any atom is 0.237 e. The van der Waals surface area contributed by atoms with Crippen molar-refractivity contribution in [3.8, 4) is 0 Å². The zero-order valence-electron chi connectivity index (χ0n) is 16.0. The van der Waals surface area contributed by atoms with Gasteiger partial charge >= 0.3 is 0 Å². The Kier molecular flexibility index (Phi) is 5.81. The first-order valence-corrected chi connectivity index (χ1v) is 10.8. The van der Waals surface area contributed by atoms with Crippen LogP contribution in [0.2, 0.25) is 0 Å². The number of nitrogens with one attached hydrogen (secondary N) is 4. The smallest absolute Gasteiger partial charge is 0.237 e. The highest BCUT2D eigenvalue weighted by Crippen LogP contribution is 2.38. The number of carbonyl (C=O) groups excluding carboxylic acids is 1. The van der Waals surface area contributed by atoms with E-state index in [-0.39, 0.29) is 30.0 Å². The minimum absolute atomic E-state index is 0.0214. The molecule has 2 saturated carbocycles. The van der Waals surface area contributed by atoms with Crippen LogP contribution in [0.5, 0.6) is 0 Å². The summed E-state index contributed by atoms with van der Waals surface area (Å²) in [4.78, 5) is 12.8. The largest absolute Gasteiger partial charge is 0.352 e. The van der Waals surface area contributed by atoms with Crippen molar-refractivity contribution in [2.24, 2.45) is 17.8 Å². The standard InChI is InChI=1S/C20H35FN4O/c1-12-5-6-16(21)15-11-17(25-19(12)15)20(26)24-14-4-2-3-13(9-14)10-18-22-7-8-23-18/h12-19,22-23,25H,2-11H2,1H3,(H,24,26). The quantitative estimate of drug-likeness (QED) is 0.611. The van der Waals surface area contributed by atoms with Gasteiger partial charge in [-0.1, -0.05) is 19.8 Å². The molecule has 0 spiro atoms. The Morgan fingerprint density at radius 3 is 2.69 bits per heavy atom. The lowest BCUT2D eigenvalue weighted by atomic mass is 9.77. The molecular weight excluding hydrogens is 331 g/mol. The van der Waals surface area contributed by atoms with Gasteiger partial charge in [0.25, 0.3) is 0 Å². The van der Waals surface area contributed by atoms with E-state index in [1.54, 1.807) is 0 Å². The van der Waals surface area contributed by atoms with Gasteiger partial charge in [0, 0.05) is 31.1 Å². The van der Waals surface area contributed by atoms with Crippen molar-refractivity contribution < 1.29 is 9.18 Å². The number of fused-ring (bicyclic) bond motifs is 1. The van der Waals surface area contributed by atoms with Gasteiger partial charge < -0.3 is 21.3 Å². The van der Waals surface area contributed by atoms with Gasteiger partial charge in [-0.2, -0.15) is 0 Å². The number of carbonyl (C=O) groups is 1. The van der Waals surface area contributed by atoms with Crippen molar-refractivity contribution >= 4 is 5.91 Å². The summed E-state index contributed by atoms with van der Waals surface area (Å²) < 4.78 is 14.3. The monoisotopic (exact) mass is 366 g/mol. The molecule has 0 aromatic heterocycles. The fourth-order valence-electron chi connectivity index (χ4n) is 5.80. The maximum absolute atomic E-state index is 14.3. The molecule has 1 amide bonds. The topological polar surface area (TPSA) is 65.2 Å². The van der Waals surface area contributed by atoms with E-state index in [0.29, 0.717) is 30.8 Å². The third kappa shape index (κ3) is 4.07. The molecule has 2 aliphatic carbocycles. The summed E-state index contributed by atoms with van der Waals surface area (Å²) in [7, 11) is 0. The second-order valence-corrected chi connectivity index (χ2v) is 9.15. The molecule has 2 saturated heterocycles. The lowest BCUT2D eigenvalue weighted by Gasteiger charge is -2.33. The molecule has 4 aliphatic rings. The molecule has 0 aromatic carbocycles. The summed E-state index contributed by atoms with van der Waals surface area (Å²) >= 11 is 0. The summed E-state index contributed by atoms with van der Waals surface area (Å²) in [6, 6.07) is 0.251. The molecule has 6 heteroatoms. The molecule has 0 aromatic rings. The van der Waals surface area contributed by atoms with Crippen LogP contribution in [-0.2, 0) is 4.79 Å². The minimum Gasteiger partial charge on any atom is -0.352 e. The van der Waals surface area contributed by atoms with Crippen molar-refractivity contribution in [3.63, 3.8) is 0 Å². The fourth-order valence-corrected chi connectivity index (χ4v) is 5.80. The SMILES string of the molecule is CC1CCC(F)C2CC(C(=O)NC3CCCC(CC4NCCN4)C3)NC12. The van der Waals surface area contributed by atoms with E-state index in [4.69, 9.17) is 0 Å². The van der Waals surface area contributed by atoms with Gasteiger partial charge in [-0.25, -0.2) is 4.39 Å². The zero-order chi connectivity index (χ0) is 18.1. The number of amides is 1. The summed E-state index contributed by atoms with van der Waals surface area (Å²) in [6.45, 7) is 4.30. The van der Waals surface area contributed by atoms with Gasteiger partial charge in [-0.05, 0) is 50.4 Å². The maximum atomic E-state index is 14.3. The Hall–Kier alpha value is -0.720. The molecule has 4 N–H and O–H groups in total. The number of hydrogen-bond donors (Lipinski definition) is 4. The Balaban J connectivity index is 1.27. The van der Waals surface area contributed by atoms with Gasteiger partial charge in [0.1, 0.15) is 6.17 Å². The van der Waals surface area contributed by atoms with Crippen LogP contribution in [-0.4, -0.2) is 49.5 Å². The Morgan fingerprint density at radius 2 is 1.92 bits per heavy atom. The van der Waals surface area contributed by atoms with Crippen molar-refractivity contribution in [2.75, 3.05) is 13.1 Å². The van der Waals surface area contributed by atoms with Crippen molar-refractivity contribution in [1.82, 2.24) is 21.3 Å². The van der Waals surface area contributed by atoms with Gasteiger partial charge in [-0.15, -0.1) is 0 Å². The van der Waals surface area contributed by atoms with Gasteiger partial charge in [0.05, 0.1) is 12.2 Å². The van der Waals surface area contributed by atoms with Crippen LogP contribution in [0.15, 0.2) is 0 Å². The average molecular weight is 367 g/mol. The summed E-state index contributed by atoms with van der Waals surface area (Å²) in [5.74, 6) is 1.26. The van der Waals surface area contributed by atoms with Gasteiger partial charge in [0.15, 0.2) is 0 Å². The highest BCUT2D eigenvalue weighted by atomic mass is 19.1. The molecular formula is C20H35FN4O. The van der Waals surface area contributed by atoms with E-state index in [2.05, 4.69) is 28.2 Å². The molecule has 7 unspecified atom stereocenters. The predicted molar refractivity (Wildman–Crippen MR) is 100 cm³/mol. The van der Waals surface area contributed by atoms with Crippen molar-refractivity contribution in [3.05, 3.63) is 0 Å². The van der Waals surface area contributed by atoms with Crippen LogP contribution < -0.4 is 21.3 Å². The molecule has 148 valence electrons. The summed E-state index contributed by atoms with van der Waals surface area (Å²) in [5.41, 5.74) is 0. The van der Waals surface area contributed by atoms with Gasteiger partial charge in [-0.3, -0.25) is 4.79 Å². The van der Waals surface area contributed by atoms with Crippen LogP contribution in [0.4, 0.5) is 4.39 Å². The molecule has 4 rings (SSSR count). The number of halogens is 1. The van der Waals surface area contributed by atoms with Gasteiger partial charge in [0.2, 0.25) is 5.91 Å². The lowest BCUT2D eigenvalue weighted by molar-refractivity contribution is -0.124. The Morgan fingerprint density at radius 1 is 1.12 bits per heavy atom. The first-order chi connectivity index (χ1) is 12.6. The fraction of sp³-hybridized carbons (Fsp3) is 0.950. The van der Waals surface area contributed by atoms with Crippen LogP contribution in [0, 0.1) is 17.8 Å². The highest BCUT2D eigenvalue weighted by molar-refractivity contribution is 5.82. The number of rotatable bonds is 4. The minimum atomic E-state index is -0.744. The lowest BCUT2D eigenvalue weighted by Crippen LogP contribution is -2.49. The molecule has 26 heavy (non-hydrogen) atoms. The summed E-state index contributed by atoms with van der Waals surface area (Å²) in [5, 5.41) is 13.7. The molecule has 2 aliphatic heterocycles. The van der Waals surface area contributed by atoms with Crippen LogP contribution >= 0.6 is 0 Å². The van der Waals surface area contributed by atoms with E-state index in [1.807, 2.05) is 0 Å². The summed E-state index contributed by atoms with van der Waals surface area (Å²) in [6.07, 6.45) is 7.71. The van der Waals surface area contributed by atoms with Crippen molar-refractivity contribution in [1.29, 1.82) is 0 Å². The average Bonchev–Trinajstić information content (AvgIpc) is 3.29. The van der Waals surface area contributed by atoms with Crippen LogP contribution in [0.1, 0.15) is 58.3 Å². The first kappa shape index (κ1) is 18.6. The molecule has 0 radical (unpaired) electrons. The number of hydrogen-bond acceptors (Lipinski definition) is 4. The highest BCUT2D eigenvalue weighted by Gasteiger charge is 2.46. The van der Waals surface area contributed by atoms with Crippen LogP contribution in [0.25, 0.3) is 0 Å². The second-order valence-electron chi connectivity index (χ2n) is 9.15. The molecule has 2 heterocycles. The first-order valence-electron chi connectivity index (χ1n) is 10.8. The third-order valence-electron chi connectivity index (χ3n) is 7.26. The normalized spacial score (nSPS) is 44.0. The zero-order valence-corrected chi connectivity index (χ0v) is 16.0. The number of alkyl halides is 1.